The Balaban J connectivity index is 1.79. The van der Waals surface area contributed by atoms with Gasteiger partial charge in [-0.25, -0.2) is 8.42 Å². The number of hydrogen-bond acceptors (Lipinski definition) is 4. The van der Waals surface area contributed by atoms with Crippen LogP contribution in [0.5, 0.6) is 0 Å². The lowest BCUT2D eigenvalue weighted by Crippen LogP contribution is -2.35. The van der Waals surface area contributed by atoms with E-state index in [0.29, 0.717) is 11.1 Å². The lowest BCUT2D eigenvalue weighted by Gasteiger charge is -2.21. The van der Waals surface area contributed by atoms with E-state index >= 15 is 0 Å². The molecule has 0 bridgehead atoms. The number of amides is 1. The van der Waals surface area contributed by atoms with Gasteiger partial charge in [-0.1, -0.05) is 72.8 Å². The molecule has 0 fully saturated rings. The maximum absolute atomic E-state index is 13.4. The average molecular weight is 405 g/mol. The van der Waals surface area contributed by atoms with Crippen LogP contribution in [-0.4, -0.2) is 26.7 Å². The zero-order valence-corrected chi connectivity index (χ0v) is 16.4. The van der Waals surface area contributed by atoms with Crippen molar-refractivity contribution in [2.24, 2.45) is 0 Å². The summed E-state index contributed by atoms with van der Waals surface area (Å²) in [6.45, 7) is -0.211. The second kappa shape index (κ2) is 7.64. The first-order chi connectivity index (χ1) is 14.0. The van der Waals surface area contributed by atoms with Crippen LogP contribution in [0.4, 0.5) is 5.69 Å². The maximum Gasteiger partial charge on any atom is 0.229 e. The second-order valence-corrected chi connectivity index (χ2v) is 8.98. The standard InChI is InChI=1S/C23H19NO4S/c25-20(17-9-3-1-4-10-17)16-24-19-13-7-8-14-21(19)29(27,28)22(15-23(24)26)18-11-5-2-6-12-18/h1-14,22H,15-16H2. The van der Waals surface area contributed by atoms with Gasteiger partial charge in [-0.2, -0.15) is 0 Å². The number of anilines is 1. The zero-order valence-electron chi connectivity index (χ0n) is 15.6. The number of Topliss-reactive ketones (excluding diaryl/α,β-unsaturated/α-hetero) is 1. The number of benzene rings is 3. The van der Waals surface area contributed by atoms with Crippen molar-refractivity contribution in [1.29, 1.82) is 0 Å². The van der Waals surface area contributed by atoms with Crippen LogP contribution in [0.2, 0.25) is 0 Å². The van der Waals surface area contributed by atoms with E-state index in [1.165, 1.54) is 11.0 Å². The van der Waals surface area contributed by atoms with E-state index in [0.717, 1.165) is 0 Å². The predicted molar refractivity (Wildman–Crippen MR) is 111 cm³/mol. The Morgan fingerprint density at radius 1 is 0.862 bits per heavy atom. The third kappa shape index (κ3) is 3.59. The van der Waals surface area contributed by atoms with Crippen molar-refractivity contribution < 1.29 is 18.0 Å². The first kappa shape index (κ1) is 19.1. The molecule has 1 atom stereocenters. The van der Waals surface area contributed by atoms with Gasteiger partial charge in [0.15, 0.2) is 15.6 Å². The molecule has 0 radical (unpaired) electrons. The van der Waals surface area contributed by atoms with Gasteiger partial charge in [0, 0.05) is 12.0 Å². The lowest BCUT2D eigenvalue weighted by atomic mass is 10.1. The molecule has 146 valence electrons. The number of hydrogen-bond donors (Lipinski definition) is 0. The summed E-state index contributed by atoms with van der Waals surface area (Å²) >= 11 is 0. The van der Waals surface area contributed by atoms with E-state index < -0.39 is 21.0 Å². The van der Waals surface area contributed by atoms with Crippen molar-refractivity contribution in [3.05, 3.63) is 96.1 Å². The van der Waals surface area contributed by atoms with E-state index in [-0.39, 0.29) is 29.3 Å². The predicted octanol–water partition coefficient (Wildman–Crippen LogP) is 3.82. The van der Waals surface area contributed by atoms with Crippen LogP contribution >= 0.6 is 0 Å². The van der Waals surface area contributed by atoms with Crippen molar-refractivity contribution in [3.8, 4) is 0 Å². The van der Waals surface area contributed by atoms with Crippen LogP contribution in [0.1, 0.15) is 27.6 Å². The Hall–Kier alpha value is -3.25. The Labute approximate surface area is 169 Å². The van der Waals surface area contributed by atoms with Crippen LogP contribution in [-0.2, 0) is 14.6 Å². The number of fused-ring (bicyclic) bond motifs is 1. The van der Waals surface area contributed by atoms with Gasteiger partial charge in [0.1, 0.15) is 0 Å². The Morgan fingerprint density at radius 2 is 1.45 bits per heavy atom. The highest BCUT2D eigenvalue weighted by Gasteiger charge is 2.39. The largest absolute Gasteiger partial charge is 0.303 e. The smallest absolute Gasteiger partial charge is 0.229 e. The molecular weight excluding hydrogens is 386 g/mol. The first-order valence-corrected chi connectivity index (χ1v) is 10.8. The molecule has 5 nitrogen and oxygen atoms in total. The number of carbonyl (C=O) groups is 2. The van der Waals surface area contributed by atoms with Gasteiger partial charge in [-0.05, 0) is 17.7 Å². The topological polar surface area (TPSA) is 71.5 Å². The van der Waals surface area contributed by atoms with E-state index in [4.69, 9.17) is 0 Å². The Morgan fingerprint density at radius 3 is 2.14 bits per heavy atom. The molecule has 0 N–H and O–H groups in total. The molecule has 0 spiro atoms. The molecule has 29 heavy (non-hydrogen) atoms. The number of ketones is 1. The number of para-hydroxylation sites is 1. The van der Waals surface area contributed by atoms with Crippen molar-refractivity contribution >= 4 is 27.2 Å². The summed E-state index contributed by atoms with van der Waals surface area (Å²) in [7, 11) is -3.81. The molecule has 1 amide bonds. The SMILES string of the molecule is O=C(CN1C(=O)CC(c2ccccc2)S(=O)(=O)c2ccccc21)c1ccccc1. The summed E-state index contributed by atoms with van der Waals surface area (Å²) in [5.41, 5.74) is 1.29. The molecule has 1 aliphatic rings. The third-order valence-corrected chi connectivity index (χ3v) is 7.21. The number of nitrogens with zero attached hydrogens (tertiary/aromatic N) is 1. The van der Waals surface area contributed by atoms with Crippen molar-refractivity contribution in [2.75, 3.05) is 11.4 Å². The lowest BCUT2D eigenvalue weighted by molar-refractivity contribution is -0.118. The molecule has 1 heterocycles. The van der Waals surface area contributed by atoms with E-state index in [9.17, 15) is 18.0 Å². The maximum atomic E-state index is 13.4. The molecule has 3 aromatic rings. The Kier molecular flexibility index (Phi) is 5.03. The molecule has 6 heteroatoms. The molecule has 1 aliphatic heterocycles. The van der Waals surface area contributed by atoms with Crippen LogP contribution < -0.4 is 4.90 Å². The number of sulfone groups is 1. The molecule has 4 rings (SSSR count). The normalized spacial score (nSPS) is 18.0. The monoisotopic (exact) mass is 405 g/mol. The molecule has 1 unspecified atom stereocenters. The van der Waals surface area contributed by atoms with Gasteiger partial charge >= 0.3 is 0 Å². The fourth-order valence-electron chi connectivity index (χ4n) is 3.58. The quantitative estimate of drug-likeness (QED) is 0.619. The number of rotatable bonds is 4. The highest BCUT2D eigenvalue weighted by atomic mass is 32.2. The molecular formula is C23H19NO4S. The minimum Gasteiger partial charge on any atom is -0.303 e. The Bertz CT molecular complexity index is 1160. The van der Waals surface area contributed by atoms with E-state index in [1.54, 1.807) is 78.9 Å². The van der Waals surface area contributed by atoms with Gasteiger partial charge in [0.05, 0.1) is 22.4 Å². The van der Waals surface area contributed by atoms with Gasteiger partial charge in [-0.15, -0.1) is 0 Å². The van der Waals surface area contributed by atoms with Gasteiger partial charge in [-0.3, -0.25) is 9.59 Å². The minimum absolute atomic E-state index is 0.0700. The molecule has 0 aromatic heterocycles. The summed E-state index contributed by atoms with van der Waals surface area (Å²) in [5.74, 6) is -0.638. The average Bonchev–Trinajstić information content (AvgIpc) is 2.83. The minimum atomic E-state index is -3.81. The fraction of sp³-hybridized carbons (Fsp3) is 0.130. The van der Waals surface area contributed by atoms with Crippen LogP contribution in [0, 0.1) is 0 Å². The van der Waals surface area contributed by atoms with Gasteiger partial charge in [0.2, 0.25) is 5.91 Å². The van der Waals surface area contributed by atoms with Crippen LogP contribution in [0.15, 0.2) is 89.8 Å². The molecule has 0 saturated heterocycles. The summed E-state index contributed by atoms with van der Waals surface area (Å²) in [6, 6.07) is 23.8. The summed E-state index contributed by atoms with van der Waals surface area (Å²) in [5, 5.41) is -0.992. The zero-order chi connectivity index (χ0) is 20.4. The highest BCUT2D eigenvalue weighted by Crippen LogP contribution is 2.40. The number of carbonyl (C=O) groups excluding carboxylic acids is 2. The van der Waals surface area contributed by atoms with E-state index in [1.807, 2.05) is 0 Å². The highest BCUT2D eigenvalue weighted by molar-refractivity contribution is 7.92. The van der Waals surface area contributed by atoms with Crippen molar-refractivity contribution in [2.45, 2.75) is 16.6 Å². The van der Waals surface area contributed by atoms with Gasteiger partial charge < -0.3 is 4.90 Å². The summed E-state index contributed by atoms with van der Waals surface area (Å²) in [6.07, 6.45) is -0.219. The van der Waals surface area contributed by atoms with Crippen molar-refractivity contribution in [1.82, 2.24) is 0 Å². The van der Waals surface area contributed by atoms with Crippen LogP contribution in [0.3, 0.4) is 0 Å². The molecule has 0 aliphatic carbocycles. The summed E-state index contributed by atoms with van der Waals surface area (Å²) in [4.78, 5) is 27.2. The third-order valence-electron chi connectivity index (χ3n) is 5.07. The van der Waals surface area contributed by atoms with E-state index in [2.05, 4.69) is 0 Å². The summed E-state index contributed by atoms with van der Waals surface area (Å²) < 4.78 is 26.8. The van der Waals surface area contributed by atoms with Crippen LogP contribution in [0.25, 0.3) is 0 Å². The van der Waals surface area contributed by atoms with Gasteiger partial charge in [0.25, 0.3) is 0 Å². The first-order valence-electron chi connectivity index (χ1n) is 9.25. The van der Waals surface area contributed by atoms with Crippen molar-refractivity contribution in [3.63, 3.8) is 0 Å². The second-order valence-electron chi connectivity index (χ2n) is 6.89. The molecule has 0 saturated carbocycles. The molecule has 3 aromatic carbocycles. The fourth-order valence-corrected chi connectivity index (χ4v) is 5.51.